The quantitative estimate of drug-likeness (QED) is 0.360. The first-order valence-electron chi connectivity index (χ1n) is 9.67. The van der Waals surface area contributed by atoms with Crippen molar-refractivity contribution in [2.45, 2.75) is 19.9 Å². The summed E-state index contributed by atoms with van der Waals surface area (Å²) in [6, 6.07) is 15.4. The highest BCUT2D eigenvalue weighted by Crippen LogP contribution is 2.43. The van der Waals surface area contributed by atoms with E-state index in [1.165, 1.54) is 0 Å². The number of aryl methyl sites for hydroxylation is 2. The number of aliphatic hydroxyl groups is 1. The van der Waals surface area contributed by atoms with Crippen molar-refractivity contribution in [1.29, 1.82) is 0 Å². The average Bonchev–Trinajstić information content (AvgIpc) is 3.00. The number of halogens is 2. The number of rotatable bonds is 3. The van der Waals surface area contributed by atoms with E-state index in [0.29, 0.717) is 11.1 Å². The van der Waals surface area contributed by atoms with E-state index in [0.717, 1.165) is 34.2 Å². The van der Waals surface area contributed by atoms with Gasteiger partial charge in [-0.1, -0.05) is 59.7 Å². The largest absolute Gasteiger partial charge is 0.507 e. The van der Waals surface area contributed by atoms with Crippen LogP contribution in [0.2, 0.25) is 0 Å². The van der Waals surface area contributed by atoms with Crippen LogP contribution in [0.5, 0.6) is 0 Å². The number of nitrogens with zero attached hydrogens (tertiary/aromatic N) is 1. The second kappa shape index (κ2) is 7.80. The molecule has 31 heavy (non-hydrogen) atoms. The van der Waals surface area contributed by atoms with Crippen molar-refractivity contribution in [2.24, 2.45) is 0 Å². The van der Waals surface area contributed by atoms with Crippen LogP contribution in [0.1, 0.15) is 28.3 Å². The Labute approximate surface area is 178 Å². The number of Topliss-reactive ketones (excluding diaryl/α,β-unsaturated/α-hetero) is 1. The van der Waals surface area contributed by atoms with Crippen LogP contribution in [-0.2, 0) is 9.59 Å². The van der Waals surface area contributed by atoms with Gasteiger partial charge in [-0.2, -0.15) is 0 Å². The molecule has 3 aromatic carbocycles. The summed E-state index contributed by atoms with van der Waals surface area (Å²) < 4.78 is 28.6. The molecule has 6 heteroatoms. The molecule has 156 valence electrons. The lowest BCUT2D eigenvalue weighted by Gasteiger charge is -2.26. The number of ketones is 1. The normalized spacial score (nSPS) is 17.9. The molecule has 1 heterocycles. The summed E-state index contributed by atoms with van der Waals surface area (Å²) in [7, 11) is 0. The number of hydrogen-bond acceptors (Lipinski definition) is 3. The maximum atomic E-state index is 14.6. The third-order valence-electron chi connectivity index (χ3n) is 5.30. The lowest BCUT2D eigenvalue weighted by Crippen LogP contribution is -2.30. The number of carbonyl (C=O) groups is 2. The van der Waals surface area contributed by atoms with E-state index in [-0.39, 0.29) is 17.0 Å². The van der Waals surface area contributed by atoms with Gasteiger partial charge in [0, 0.05) is 11.6 Å². The van der Waals surface area contributed by atoms with Crippen LogP contribution in [0.4, 0.5) is 14.5 Å². The van der Waals surface area contributed by atoms with Gasteiger partial charge in [-0.25, -0.2) is 8.78 Å². The van der Waals surface area contributed by atoms with E-state index >= 15 is 0 Å². The van der Waals surface area contributed by atoms with Crippen LogP contribution in [0, 0.1) is 25.5 Å². The Balaban J connectivity index is 1.99. The highest BCUT2D eigenvalue weighted by Gasteiger charge is 2.47. The van der Waals surface area contributed by atoms with Gasteiger partial charge in [0.2, 0.25) is 0 Å². The minimum Gasteiger partial charge on any atom is -0.507 e. The van der Waals surface area contributed by atoms with Gasteiger partial charge >= 0.3 is 0 Å². The minimum atomic E-state index is -1.11. The molecule has 0 radical (unpaired) electrons. The summed E-state index contributed by atoms with van der Waals surface area (Å²) >= 11 is 0. The molecular formula is C25H19F2NO3. The zero-order valence-electron chi connectivity index (χ0n) is 16.9. The van der Waals surface area contributed by atoms with Crippen molar-refractivity contribution in [3.05, 3.63) is 106 Å². The molecule has 1 atom stereocenters. The predicted molar refractivity (Wildman–Crippen MR) is 113 cm³/mol. The molecule has 0 aromatic heterocycles. The van der Waals surface area contributed by atoms with Crippen molar-refractivity contribution < 1.29 is 23.5 Å². The summed E-state index contributed by atoms with van der Waals surface area (Å²) in [5.74, 6) is -3.97. The van der Waals surface area contributed by atoms with Gasteiger partial charge in [0.05, 0.1) is 17.3 Å². The monoisotopic (exact) mass is 419 g/mol. The van der Waals surface area contributed by atoms with Crippen molar-refractivity contribution in [2.75, 3.05) is 4.90 Å². The Hall–Kier alpha value is -3.80. The second-order valence-electron chi connectivity index (χ2n) is 7.54. The summed E-state index contributed by atoms with van der Waals surface area (Å²) in [5.41, 5.74) is 2.10. The van der Waals surface area contributed by atoms with Gasteiger partial charge in [0.15, 0.2) is 0 Å². The van der Waals surface area contributed by atoms with Crippen LogP contribution in [0.15, 0.2) is 72.3 Å². The topological polar surface area (TPSA) is 57.6 Å². The van der Waals surface area contributed by atoms with Crippen LogP contribution in [-0.4, -0.2) is 16.8 Å². The van der Waals surface area contributed by atoms with Gasteiger partial charge < -0.3 is 5.11 Å². The van der Waals surface area contributed by atoms with E-state index in [4.69, 9.17) is 0 Å². The summed E-state index contributed by atoms with van der Waals surface area (Å²) in [5, 5.41) is 11.0. The fourth-order valence-electron chi connectivity index (χ4n) is 3.77. The average molecular weight is 419 g/mol. The van der Waals surface area contributed by atoms with Crippen molar-refractivity contribution in [3.8, 4) is 0 Å². The molecule has 0 bridgehead atoms. The maximum Gasteiger partial charge on any atom is 0.300 e. The molecule has 4 nitrogen and oxygen atoms in total. The van der Waals surface area contributed by atoms with Crippen LogP contribution in [0.3, 0.4) is 0 Å². The minimum absolute atomic E-state index is 0.178. The molecule has 1 fully saturated rings. The van der Waals surface area contributed by atoms with Gasteiger partial charge in [-0.15, -0.1) is 0 Å². The van der Waals surface area contributed by atoms with Gasteiger partial charge in [-0.3, -0.25) is 14.5 Å². The van der Waals surface area contributed by atoms with Gasteiger partial charge in [-0.05, 0) is 31.5 Å². The number of aliphatic hydroxyl groups excluding tert-OH is 1. The standard InChI is InChI=1S/C25H19F2NO3/c1-14-6-8-16(9-7-14)23(29)21-22(17-5-3-4-15(2)12-17)28(25(31)24(21)30)20-13-18(26)10-11-19(20)27/h3-13,22,29H,1-2H3/b23-21+. The van der Waals surface area contributed by atoms with Crippen LogP contribution < -0.4 is 4.90 Å². The lowest BCUT2D eigenvalue weighted by atomic mass is 9.94. The number of anilines is 1. The zero-order chi connectivity index (χ0) is 22.3. The first-order valence-corrected chi connectivity index (χ1v) is 9.67. The van der Waals surface area contributed by atoms with E-state index in [2.05, 4.69) is 0 Å². The molecule has 1 unspecified atom stereocenters. The molecule has 1 amide bonds. The highest BCUT2D eigenvalue weighted by molar-refractivity contribution is 6.51. The summed E-state index contributed by atoms with van der Waals surface area (Å²) in [6.07, 6.45) is 0. The fraction of sp³-hybridized carbons (Fsp3) is 0.120. The Morgan fingerprint density at radius 3 is 2.29 bits per heavy atom. The third kappa shape index (κ3) is 3.61. The van der Waals surface area contributed by atoms with Gasteiger partial charge in [0.25, 0.3) is 11.7 Å². The Bertz CT molecular complexity index is 1230. The molecule has 1 aliphatic rings. The number of carbonyl (C=O) groups excluding carboxylic acids is 2. The first kappa shape index (κ1) is 20.5. The number of hydrogen-bond donors (Lipinski definition) is 1. The Morgan fingerprint density at radius 1 is 0.903 bits per heavy atom. The van der Waals surface area contributed by atoms with E-state index in [9.17, 15) is 23.5 Å². The first-order chi connectivity index (χ1) is 14.8. The van der Waals surface area contributed by atoms with Crippen molar-refractivity contribution >= 4 is 23.1 Å². The Morgan fingerprint density at radius 2 is 1.61 bits per heavy atom. The lowest BCUT2D eigenvalue weighted by molar-refractivity contribution is -0.132. The van der Waals surface area contributed by atoms with Crippen LogP contribution >= 0.6 is 0 Å². The molecular weight excluding hydrogens is 400 g/mol. The maximum absolute atomic E-state index is 14.6. The zero-order valence-corrected chi connectivity index (χ0v) is 16.9. The summed E-state index contributed by atoms with van der Waals surface area (Å²) in [6.45, 7) is 3.71. The molecule has 3 aromatic rings. The van der Waals surface area contributed by atoms with Crippen LogP contribution in [0.25, 0.3) is 5.76 Å². The molecule has 1 N–H and O–H groups in total. The van der Waals surface area contributed by atoms with E-state index < -0.39 is 29.4 Å². The molecule has 0 aliphatic carbocycles. The number of benzene rings is 3. The predicted octanol–water partition coefficient (Wildman–Crippen LogP) is 5.21. The van der Waals surface area contributed by atoms with Crippen molar-refractivity contribution in [1.82, 2.24) is 0 Å². The van der Waals surface area contributed by atoms with E-state index in [1.54, 1.807) is 42.5 Å². The SMILES string of the molecule is Cc1ccc(/C(O)=C2\C(=O)C(=O)N(c3cc(F)ccc3F)C2c2cccc(C)c2)cc1. The molecule has 4 rings (SSSR count). The van der Waals surface area contributed by atoms with Crippen molar-refractivity contribution in [3.63, 3.8) is 0 Å². The highest BCUT2D eigenvalue weighted by atomic mass is 19.1. The molecule has 1 saturated heterocycles. The third-order valence-corrected chi connectivity index (χ3v) is 5.30. The molecule has 1 aliphatic heterocycles. The smallest absolute Gasteiger partial charge is 0.300 e. The second-order valence-corrected chi connectivity index (χ2v) is 7.54. The number of amides is 1. The van der Waals surface area contributed by atoms with E-state index in [1.807, 2.05) is 19.9 Å². The Kier molecular flexibility index (Phi) is 5.15. The fourth-order valence-corrected chi connectivity index (χ4v) is 3.77. The summed E-state index contributed by atoms with van der Waals surface area (Å²) in [4.78, 5) is 26.9. The van der Waals surface area contributed by atoms with Gasteiger partial charge in [0.1, 0.15) is 17.4 Å². The molecule has 0 spiro atoms. The molecule has 0 saturated carbocycles.